The van der Waals surface area contributed by atoms with E-state index in [9.17, 15) is 0 Å². The third-order valence-electron chi connectivity index (χ3n) is 4.27. The number of furan rings is 1. The van der Waals surface area contributed by atoms with Crippen LogP contribution in [0.1, 0.15) is 45.1 Å². The summed E-state index contributed by atoms with van der Waals surface area (Å²) in [6.45, 7) is 9.49. The Morgan fingerprint density at radius 2 is 1.93 bits per heavy atom. The van der Waals surface area contributed by atoms with E-state index in [1.165, 1.54) is 12.8 Å². The molecule has 154 valence electrons. The lowest BCUT2D eigenvalue weighted by molar-refractivity contribution is 0.238. The van der Waals surface area contributed by atoms with Crippen molar-refractivity contribution in [2.75, 3.05) is 19.6 Å². The Kier molecular flexibility index (Phi) is 9.32. The maximum absolute atomic E-state index is 6.01. The van der Waals surface area contributed by atoms with Gasteiger partial charge in [-0.25, -0.2) is 0 Å². The lowest BCUT2D eigenvalue weighted by atomic mass is 10.2. The first-order valence-corrected chi connectivity index (χ1v) is 10.4. The van der Waals surface area contributed by atoms with Crippen molar-refractivity contribution >= 4 is 46.6 Å². The van der Waals surface area contributed by atoms with E-state index in [4.69, 9.17) is 28.9 Å². The van der Waals surface area contributed by atoms with Crippen molar-refractivity contribution in [1.82, 2.24) is 26.4 Å². The number of hydrazone groups is 2. The molecule has 1 aromatic rings. The number of nitrogens with one attached hydrogen (secondary N) is 4. The smallest absolute Gasteiger partial charge is 0.186 e. The number of hydrogen-bond acceptors (Lipinski definition) is 6. The molecule has 1 saturated heterocycles. The predicted molar refractivity (Wildman–Crippen MR) is 122 cm³/mol. The first kappa shape index (κ1) is 22.3. The van der Waals surface area contributed by atoms with Gasteiger partial charge in [-0.2, -0.15) is 10.2 Å². The van der Waals surface area contributed by atoms with E-state index < -0.39 is 0 Å². The highest BCUT2D eigenvalue weighted by Crippen LogP contribution is 2.20. The number of likely N-dealkylation sites (tertiary alicyclic amines) is 1. The first-order valence-electron chi connectivity index (χ1n) is 9.55. The van der Waals surface area contributed by atoms with Crippen LogP contribution in [0.4, 0.5) is 0 Å². The quantitative estimate of drug-likeness (QED) is 0.287. The molecule has 1 fully saturated rings. The third-order valence-corrected chi connectivity index (χ3v) is 4.74. The highest BCUT2D eigenvalue weighted by atomic mass is 32.1. The van der Waals surface area contributed by atoms with Crippen molar-refractivity contribution in [2.45, 2.75) is 46.2 Å². The van der Waals surface area contributed by atoms with Crippen LogP contribution in [0.5, 0.6) is 0 Å². The zero-order valence-corrected chi connectivity index (χ0v) is 18.3. The van der Waals surface area contributed by atoms with E-state index in [0.717, 1.165) is 25.4 Å². The largest absolute Gasteiger partial charge is 0.458 e. The van der Waals surface area contributed by atoms with Crippen LogP contribution < -0.4 is 21.5 Å². The summed E-state index contributed by atoms with van der Waals surface area (Å²) in [6.07, 6.45) is 4.01. The van der Waals surface area contributed by atoms with E-state index in [0.29, 0.717) is 34.3 Å². The Hall–Kier alpha value is -2.04. The van der Waals surface area contributed by atoms with Crippen LogP contribution in [0.15, 0.2) is 26.8 Å². The molecule has 0 saturated carbocycles. The first-order chi connectivity index (χ1) is 13.5. The van der Waals surface area contributed by atoms with Gasteiger partial charge in [-0.3, -0.25) is 15.8 Å². The van der Waals surface area contributed by atoms with E-state index >= 15 is 0 Å². The van der Waals surface area contributed by atoms with E-state index in [1.54, 1.807) is 6.21 Å². The predicted octanol–water partition coefficient (Wildman–Crippen LogP) is 1.92. The van der Waals surface area contributed by atoms with Gasteiger partial charge in [0.25, 0.3) is 0 Å². The molecule has 0 bridgehead atoms. The number of nitrogens with zero attached hydrogens (tertiary/aromatic N) is 3. The summed E-state index contributed by atoms with van der Waals surface area (Å²) in [7, 11) is 0. The molecule has 0 aliphatic carbocycles. The van der Waals surface area contributed by atoms with Crippen molar-refractivity contribution in [1.29, 1.82) is 0 Å². The average molecular weight is 424 g/mol. The summed E-state index contributed by atoms with van der Waals surface area (Å²) in [5, 5.41) is 15.3. The van der Waals surface area contributed by atoms with Gasteiger partial charge in [-0.15, -0.1) is 0 Å². The molecule has 1 aliphatic heterocycles. The highest BCUT2D eigenvalue weighted by molar-refractivity contribution is 7.80. The molecule has 0 radical (unpaired) electrons. The molecule has 1 aromatic heterocycles. The zero-order valence-electron chi connectivity index (χ0n) is 16.6. The highest BCUT2D eigenvalue weighted by Gasteiger charge is 2.21. The second-order valence-electron chi connectivity index (χ2n) is 6.43. The molecule has 0 spiro atoms. The molecule has 2 heterocycles. The average Bonchev–Trinajstić information content (AvgIpc) is 3.28. The van der Waals surface area contributed by atoms with Gasteiger partial charge in [0.15, 0.2) is 16.0 Å². The Bertz CT molecular complexity index is 717. The minimum atomic E-state index is 0.433. The lowest BCUT2D eigenvalue weighted by Crippen LogP contribution is -2.33. The van der Waals surface area contributed by atoms with Crippen molar-refractivity contribution in [2.24, 2.45) is 10.2 Å². The third kappa shape index (κ3) is 7.17. The molecule has 4 N–H and O–H groups in total. The molecule has 28 heavy (non-hydrogen) atoms. The van der Waals surface area contributed by atoms with Gasteiger partial charge in [-0.1, -0.05) is 0 Å². The van der Waals surface area contributed by atoms with E-state index in [-0.39, 0.29) is 0 Å². The van der Waals surface area contributed by atoms with Crippen molar-refractivity contribution < 1.29 is 4.42 Å². The molecular weight excluding hydrogens is 394 g/mol. The summed E-state index contributed by atoms with van der Waals surface area (Å²) in [5.74, 6) is 1.50. The van der Waals surface area contributed by atoms with Crippen molar-refractivity contribution in [3.8, 4) is 0 Å². The molecule has 2 rings (SSSR count). The summed E-state index contributed by atoms with van der Waals surface area (Å²) in [5.41, 5.74) is 6.06. The minimum Gasteiger partial charge on any atom is -0.458 e. The maximum Gasteiger partial charge on any atom is 0.186 e. The summed E-state index contributed by atoms with van der Waals surface area (Å²) < 4.78 is 6.01. The van der Waals surface area contributed by atoms with E-state index in [2.05, 4.69) is 43.5 Å². The molecule has 1 unspecified atom stereocenters. The van der Waals surface area contributed by atoms with Crippen LogP contribution in [0.25, 0.3) is 0 Å². The normalized spacial score (nSPS) is 17.7. The monoisotopic (exact) mass is 423 g/mol. The van der Waals surface area contributed by atoms with Crippen molar-refractivity contribution in [3.63, 3.8) is 0 Å². The summed E-state index contributed by atoms with van der Waals surface area (Å²) in [6, 6.07) is 4.45. The van der Waals surface area contributed by atoms with Gasteiger partial charge in [0.1, 0.15) is 11.5 Å². The van der Waals surface area contributed by atoms with Gasteiger partial charge in [-0.05, 0) is 76.7 Å². The fourth-order valence-electron chi connectivity index (χ4n) is 2.84. The number of hydrogen-bond donors (Lipinski definition) is 4. The van der Waals surface area contributed by atoms with Gasteiger partial charge < -0.3 is 15.1 Å². The lowest BCUT2D eigenvalue weighted by Gasteiger charge is -2.19. The van der Waals surface area contributed by atoms with Gasteiger partial charge >= 0.3 is 0 Å². The van der Waals surface area contributed by atoms with Crippen LogP contribution in [0, 0.1) is 0 Å². The summed E-state index contributed by atoms with van der Waals surface area (Å²) >= 11 is 10.3. The Morgan fingerprint density at radius 3 is 2.57 bits per heavy atom. The van der Waals surface area contributed by atoms with Crippen LogP contribution in [-0.2, 0) is 6.54 Å². The van der Waals surface area contributed by atoms with Gasteiger partial charge in [0.05, 0.1) is 12.8 Å². The molecule has 0 aromatic carbocycles. The second kappa shape index (κ2) is 11.7. The van der Waals surface area contributed by atoms with Crippen LogP contribution in [0.3, 0.4) is 0 Å². The van der Waals surface area contributed by atoms with Gasteiger partial charge in [0.2, 0.25) is 0 Å². The minimum absolute atomic E-state index is 0.433. The fraction of sp³-hybridized carbons (Fsp3) is 0.556. The standard InChI is InChI=1S/C18H29N7OS2/c1-4-19-17(27)23-21-11-15(22-24-18(28)20-5-2)16-9-8-14(26-16)12-25-10-6-7-13(25)3/h8-9,11,13H,4-7,10,12H2,1-3H3,(H2,19,23,27)(H2,20,24,28)/b21-11+,22-15-. The van der Waals surface area contributed by atoms with Gasteiger partial charge in [0, 0.05) is 19.1 Å². The fourth-order valence-corrected chi connectivity index (χ4v) is 3.23. The molecule has 1 aliphatic rings. The molecule has 1 atom stereocenters. The molecule has 8 nitrogen and oxygen atoms in total. The molecular formula is C18H29N7OS2. The van der Waals surface area contributed by atoms with Crippen LogP contribution in [0.2, 0.25) is 0 Å². The Balaban J connectivity index is 2.09. The number of rotatable bonds is 8. The summed E-state index contributed by atoms with van der Waals surface area (Å²) in [4.78, 5) is 2.42. The van der Waals surface area contributed by atoms with Crippen LogP contribution in [-0.4, -0.2) is 52.7 Å². The van der Waals surface area contributed by atoms with Crippen molar-refractivity contribution in [3.05, 3.63) is 23.7 Å². The zero-order chi connectivity index (χ0) is 20.4. The SMILES string of the molecule is CCNC(=S)N/N=C(/C=N/NC(=S)NCC)c1ccc(CN2CCCC2C)o1. The Morgan fingerprint density at radius 1 is 1.21 bits per heavy atom. The van der Waals surface area contributed by atoms with E-state index in [1.807, 2.05) is 26.0 Å². The topological polar surface area (TPSA) is 89.2 Å². The number of thiocarbonyl (C=S) groups is 2. The van der Waals surface area contributed by atoms with Crippen LogP contribution >= 0.6 is 24.4 Å². The maximum atomic E-state index is 6.01. The molecule has 10 heteroatoms. The second-order valence-corrected chi connectivity index (χ2v) is 7.24. The molecule has 0 amide bonds. The Labute approximate surface area is 177 Å².